The van der Waals surface area contributed by atoms with Crippen LogP contribution in [0.15, 0.2) is 150 Å². The zero-order chi connectivity index (χ0) is 60.1. The van der Waals surface area contributed by atoms with Gasteiger partial charge in [-0.1, -0.05) is 191 Å². The van der Waals surface area contributed by atoms with Gasteiger partial charge in [-0.2, -0.15) is 0 Å². The second-order valence-corrected chi connectivity index (χ2v) is 32.6. The molecular weight excluding hydrogens is 1030 g/mol. The van der Waals surface area contributed by atoms with Crippen molar-refractivity contribution in [3.8, 4) is 0 Å². The van der Waals surface area contributed by atoms with E-state index in [1.807, 2.05) is 0 Å². The molecule has 8 aromatic carbocycles. The summed E-state index contributed by atoms with van der Waals surface area (Å²) < 4.78 is 6.88. The van der Waals surface area contributed by atoms with Crippen molar-refractivity contribution in [3.05, 3.63) is 190 Å². The van der Waals surface area contributed by atoms with Crippen molar-refractivity contribution >= 4 is 96.2 Å². The highest BCUT2D eigenvalue weighted by Gasteiger charge is 2.50. The van der Waals surface area contributed by atoms with Crippen molar-refractivity contribution < 1.29 is 4.42 Å². The minimum atomic E-state index is -0.0762. The molecule has 0 saturated carbocycles. The topological polar surface area (TPSA) is 22.9 Å². The molecule has 0 fully saturated rings. The Balaban J connectivity index is 1.17. The average Bonchev–Trinajstić information content (AvgIpc) is 0.854. The number of hydrogen-bond acceptors (Lipinski definition) is 4. The lowest BCUT2D eigenvalue weighted by molar-refractivity contribution is 0.332. The van der Waals surface area contributed by atoms with Gasteiger partial charge in [0.1, 0.15) is 11.2 Å². The van der Waals surface area contributed by atoms with Gasteiger partial charge in [0.05, 0.1) is 16.8 Å². The number of anilines is 9. The molecule has 0 unspecified atom stereocenters. The van der Waals surface area contributed by atoms with Gasteiger partial charge in [-0.3, -0.25) is 0 Å². The summed E-state index contributed by atoms with van der Waals surface area (Å²) in [5.74, 6) is 0. The first kappa shape index (κ1) is 55.9. The van der Waals surface area contributed by atoms with Gasteiger partial charge in [0.15, 0.2) is 0 Å². The van der Waals surface area contributed by atoms with Crippen LogP contribution in [0.3, 0.4) is 0 Å². The molecule has 5 aliphatic rings. The van der Waals surface area contributed by atoms with Crippen molar-refractivity contribution in [2.24, 2.45) is 0 Å². The molecule has 5 heteroatoms. The average molecular weight is 1120 g/mol. The van der Waals surface area contributed by atoms with Crippen LogP contribution in [0.25, 0.3) is 21.9 Å². The Morgan fingerprint density at radius 2 is 0.800 bits per heavy atom. The molecule has 4 nitrogen and oxygen atoms in total. The van der Waals surface area contributed by atoms with Gasteiger partial charge in [0, 0.05) is 45.2 Å². The lowest BCUT2D eigenvalue weighted by Crippen LogP contribution is -2.62. The second kappa shape index (κ2) is 18.3. The maximum Gasteiger partial charge on any atom is 0.252 e. The molecule has 0 amide bonds. The first-order valence-electron chi connectivity index (χ1n) is 32.1. The van der Waals surface area contributed by atoms with E-state index in [1.54, 1.807) is 0 Å². The van der Waals surface area contributed by atoms with Gasteiger partial charge in [-0.15, -0.1) is 0 Å². The number of fused-ring (bicyclic) bond motifs is 10. The van der Waals surface area contributed by atoms with E-state index in [0.717, 1.165) is 76.8 Å². The van der Waals surface area contributed by atoms with Crippen molar-refractivity contribution in [1.29, 1.82) is 0 Å². The van der Waals surface area contributed by atoms with E-state index in [2.05, 4.69) is 285 Å². The summed E-state index contributed by atoms with van der Waals surface area (Å²) in [7, 11) is 0. The van der Waals surface area contributed by atoms with Crippen LogP contribution in [0.5, 0.6) is 0 Å². The molecule has 0 saturated heterocycles. The van der Waals surface area contributed by atoms with Crippen LogP contribution in [0.4, 0.5) is 51.2 Å². The van der Waals surface area contributed by atoms with Crippen LogP contribution < -0.4 is 31.1 Å². The first-order chi connectivity index (χ1) is 39.8. The maximum absolute atomic E-state index is 6.88. The molecule has 3 heterocycles. The molecular formula is C80H90BN3O. The number of benzene rings is 8. The molecule has 3 aliphatic carbocycles. The normalized spacial score (nSPS) is 19.2. The Morgan fingerprint density at radius 3 is 1.29 bits per heavy atom. The summed E-state index contributed by atoms with van der Waals surface area (Å²) in [6.45, 7) is 43.8. The second-order valence-electron chi connectivity index (χ2n) is 32.6. The van der Waals surface area contributed by atoms with Gasteiger partial charge in [0.25, 0.3) is 6.71 Å². The summed E-state index contributed by atoms with van der Waals surface area (Å²) in [4.78, 5) is 8.00. The first-order valence-corrected chi connectivity index (χ1v) is 32.1. The number of furan rings is 1. The van der Waals surface area contributed by atoms with E-state index in [0.29, 0.717) is 0 Å². The van der Waals surface area contributed by atoms with Crippen LogP contribution in [0, 0.1) is 0 Å². The molecule has 1 aromatic heterocycles. The number of nitrogens with zero attached hydrogens (tertiary/aromatic N) is 3. The Labute approximate surface area is 509 Å². The van der Waals surface area contributed by atoms with Crippen LogP contribution in [-0.2, 0) is 43.3 Å². The SMILES string of the molecule is CC(C)(C)c1ccc(N(c2ccc(C(C)(C)C)cc2)c2cc3c4c(c2)N(c2cccc5oc6ccccc6c25)c2cc5c(cc2B4c2cc4c(cc2N3c2ccc3c(c2)C(C)(C)CCC3(C)C)C(C)(C)CCC4(C)C)C(C)(C)CCC5(C)C)cc1. The van der Waals surface area contributed by atoms with E-state index in [-0.39, 0.29) is 50.0 Å². The van der Waals surface area contributed by atoms with E-state index in [4.69, 9.17) is 4.42 Å². The molecule has 0 atom stereocenters. The Hall–Kier alpha value is -6.98. The monoisotopic (exact) mass is 1120 g/mol. The van der Waals surface area contributed by atoms with Crippen molar-refractivity contribution in [2.75, 3.05) is 14.7 Å². The van der Waals surface area contributed by atoms with E-state index in [9.17, 15) is 0 Å². The Kier molecular flexibility index (Phi) is 12.0. The molecule has 9 aromatic rings. The highest BCUT2D eigenvalue weighted by atomic mass is 16.3. The predicted octanol–water partition coefficient (Wildman–Crippen LogP) is 20.8. The molecule has 0 spiro atoms. The van der Waals surface area contributed by atoms with Crippen LogP contribution in [0.2, 0.25) is 0 Å². The zero-order valence-electron chi connectivity index (χ0n) is 54.4. The molecule has 0 radical (unpaired) electrons. The zero-order valence-corrected chi connectivity index (χ0v) is 54.4. The fraction of sp³-hybridized carbons (Fsp3) is 0.400. The van der Waals surface area contributed by atoms with Crippen molar-refractivity contribution in [1.82, 2.24) is 0 Å². The van der Waals surface area contributed by atoms with Gasteiger partial charge >= 0.3 is 0 Å². The van der Waals surface area contributed by atoms with Gasteiger partial charge in [-0.05, 0) is 222 Å². The lowest BCUT2D eigenvalue weighted by atomic mass is 9.32. The van der Waals surface area contributed by atoms with E-state index < -0.39 is 0 Å². The minimum Gasteiger partial charge on any atom is -0.456 e. The number of rotatable bonds is 5. The summed E-state index contributed by atoms with van der Waals surface area (Å²) in [5.41, 5.74) is 28.1. The summed E-state index contributed by atoms with van der Waals surface area (Å²) >= 11 is 0. The van der Waals surface area contributed by atoms with Crippen molar-refractivity contribution in [2.45, 2.75) is 206 Å². The largest absolute Gasteiger partial charge is 0.456 e. The van der Waals surface area contributed by atoms with Crippen LogP contribution in [-0.4, -0.2) is 6.71 Å². The van der Waals surface area contributed by atoms with Crippen LogP contribution >= 0.6 is 0 Å². The quantitative estimate of drug-likeness (QED) is 0.160. The molecule has 0 bridgehead atoms. The lowest BCUT2D eigenvalue weighted by Gasteiger charge is -2.49. The highest BCUT2D eigenvalue weighted by Crippen LogP contribution is 2.56. The van der Waals surface area contributed by atoms with E-state index in [1.165, 1.54) is 95.8 Å². The third-order valence-electron chi connectivity index (χ3n) is 22.0. The highest BCUT2D eigenvalue weighted by molar-refractivity contribution is 7.00. The third kappa shape index (κ3) is 8.64. The van der Waals surface area contributed by atoms with Gasteiger partial charge in [-0.25, -0.2) is 0 Å². The summed E-state index contributed by atoms with van der Waals surface area (Å²) in [5, 5.41) is 2.26. The third-order valence-corrected chi connectivity index (χ3v) is 22.0. The number of para-hydroxylation sites is 1. The van der Waals surface area contributed by atoms with Gasteiger partial charge in [0.2, 0.25) is 0 Å². The van der Waals surface area contributed by atoms with Gasteiger partial charge < -0.3 is 19.1 Å². The van der Waals surface area contributed by atoms with Crippen molar-refractivity contribution in [3.63, 3.8) is 0 Å². The fourth-order valence-electron chi connectivity index (χ4n) is 16.1. The molecule has 434 valence electrons. The fourth-order valence-corrected chi connectivity index (χ4v) is 16.1. The van der Waals surface area contributed by atoms with Crippen LogP contribution in [0.1, 0.15) is 208 Å². The number of hydrogen-bond donors (Lipinski definition) is 0. The molecule has 14 rings (SSSR count). The predicted molar refractivity (Wildman–Crippen MR) is 366 cm³/mol. The molecule has 85 heavy (non-hydrogen) atoms. The smallest absolute Gasteiger partial charge is 0.252 e. The summed E-state index contributed by atoms with van der Waals surface area (Å²) in [6.07, 6.45) is 6.87. The Bertz CT molecular complexity index is 4170. The Morgan fingerprint density at radius 1 is 0.376 bits per heavy atom. The summed E-state index contributed by atoms with van der Waals surface area (Å²) in [6, 6.07) is 57.9. The van der Waals surface area contributed by atoms with E-state index >= 15 is 0 Å². The molecule has 2 aliphatic heterocycles. The maximum atomic E-state index is 6.88. The molecule has 0 N–H and O–H groups in total. The standard InChI is InChI=1S/C80H90BN3O/c1-73(2,3)49-26-30-51(31-27-49)82(52-32-28-50(29-33-52)74(4,5)6)54-43-67-72-68(44-54)84(64-23-21-25-70-71(64)55-22-19-20-24-69(55)85-70)66-48-61-59(78(13,14)39-41-80(61,17)18)46-63(66)81(72)62-45-58-60(79(15,16)40-38-77(58,11)12)47-65(62)83(67)53-34-35-56-57(42-53)76(9,10)37-36-75(56,7)8/h19-35,42-48H,36-41H2,1-18H3. The minimum absolute atomic E-state index is 0.00184.